The third kappa shape index (κ3) is 3.11. The Kier molecular flexibility index (Phi) is 3.96. The number of rotatable bonds is 4. The Balaban J connectivity index is 1.85. The van der Waals surface area contributed by atoms with Crippen LogP contribution < -0.4 is 5.32 Å². The summed E-state index contributed by atoms with van der Waals surface area (Å²) < 4.78 is 2.79. The lowest BCUT2D eigenvalue weighted by Crippen LogP contribution is -2.07. The van der Waals surface area contributed by atoms with Gasteiger partial charge in [-0.05, 0) is 47.1 Å². The molecule has 3 aromatic rings. The molecule has 0 aromatic carbocycles. The number of hydrogen-bond donors (Lipinski definition) is 1. The third-order valence-electron chi connectivity index (χ3n) is 3.07. The average Bonchev–Trinajstić information content (AvgIpc) is 2.91. The molecule has 0 saturated heterocycles. The highest BCUT2D eigenvalue weighted by molar-refractivity contribution is 9.10. The minimum Gasteiger partial charge on any atom is -0.376 e. The Morgan fingerprint density at radius 2 is 2.05 bits per heavy atom. The van der Waals surface area contributed by atoms with Gasteiger partial charge in [0.1, 0.15) is 10.4 Å². The summed E-state index contributed by atoms with van der Waals surface area (Å²) in [5, 5.41) is 3.38. The van der Waals surface area contributed by atoms with Crippen molar-refractivity contribution < 1.29 is 0 Å². The second-order valence-corrected chi connectivity index (χ2v) is 5.34. The number of pyridine rings is 2. The van der Waals surface area contributed by atoms with Crippen LogP contribution in [0.2, 0.25) is 0 Å². The van der Waals surface area contributed by atoms with Crippen LogP contribution in [-0.2, 0) is 6.54 Å². The maximum atomic E-state index is 4.44. The first-order chi connectivity index (χ1) is 10.2. The van der Waals surface area contributed by atoms with E-state index in [1.165, 1.54) is 0 Å². The number of aryl methyl sites for hydroxylation is 1. The van der Waals surface area contributed by atoms with E-state index in [9.17, 15) is 0 Å². The number of hydrogen-bond acceptors (Lipinski definition) is 4. The van der Waals surface area contributed by atoms with E-state index in [0.717, 1.165) is 27.6 Å². The van der Waals surface area contributed by atoms with E-state index >= 15 is 0 Å². The van der Waals surface area contributed by atoms with Gasteiger partial charge in [-0.3, -0.25) is 4.57 Å². The van der Waals surface area contributed by atoms with Gasteiger partial charge in [0.25, 0.3) is 0 Å². The maximum absolute atomic E-state index is 4.44. The van der Waals surface area contributed by atoms with Crippen LogP contribution in [0.3, 0.4) is 0 Å². The fraction of sp³-hybridized carbons (Fsp3) is 0.133. The summed E-state index contributed by atoms with van der Waals surface area (Å²) in [5.41, 5.74) is 1.90. The Morgan fingerprint density at radius 3 is 2.81 bits per heavy atom. The lowest BCUT2D eigenvalue weighted by atomic mass is 10.3. The molecule has 0 saturated carbocycles. The number of nitrogens with one attached hydrogen (secondary N) is 1. The highest BCUT2D eigenvalue weighted by atomic mass is 79.9. The van der Waals surface area contributed by atoms with Crippen molar-refractivity contribution >= 4 is 21.6 Å². The fourth-order valence-electron chi connectivity index (χ4n) is 2.06. The van der Waals surface area contributed by atoms with Gasteiger partial charge in [-0.15, -0.1) is 0 Å². The zero-order valence-electron chi connectivity index (χ0n) is 11.5. The first-order valence-electron chi connectivity index (χ1n) is 6.55. The minimum atomic E-state index is 0.631. The molecular formula is C15H14BrN5. The van der Waals surface area contributed by atoms with Crippen LogP contribution in [-0.4, -0.2) is 19.5 Å². The van der Waals surface area contributed by atoms with Crippen molar-refractivity contribution in [3.05, 3.63) is 65.0 Å². The standard InChI is InChI=1S/C15H14BrN5/c1-11-17-8-9-21(11)15-13(5-3-7-18-15)19-10-12-4-2-6-14(16)20-12/h2-9,19H,10H2,1H3. The second kappa shape index (κ2) is 6.05. The number of halogens is 1. The molecule has 3 rings (SSSR count). The van der Waals surface area contributed by atoms with Crippen LogP contribution in [0, 0.1) is 6.92 Å². The Bertz CT molecular complexity index is 753. The quantitative estimate of drug-likeness (QED) is 0.738. The molecule has 21 heavy (non-hydrogen) atoms. The highest BCUT2D eigenvalue weighted by Gasteiger charge is 2.08. The molecule has 0 aliphatic rings. The van der Waals surface area contributed by atoms with Gasteiger partial charge >= 0.3 is 0 Å². The van der Waals surface area contributed by atoms with Gasteiger partial charge in [0.15, 0.2) is 5.82 Å². The molecule has 1 N–H and O–H groups in total. The van der Waals surface area contributed by atoms with Crippen LogP contribution in [0.15, 0.2) is 53.5 Å². The van der Waals surface area contributed by atoms with E-state index in [1.807, 2.05) is 48.0 Å². The monoisotopic (exact) mass is 343 g/mol. The normalized spacial score (nSPS) is 10.6. The van der Waals surface area contributed by atoms with Crippen molar-refractivity contribution in [1.82, 2.24) is 19.5 Å². The first-order valence-corrected chi connectivity index (χ1v) is 7.34. The Labute approximate surface area is 131 Å². The number of aromatic nitrogens is 4. The molecule has 0 fully saturated rings. The van der Waals surface area contributed by atoms with Gasteiger partial charge in [0, 0.05) is 18.6 Å². The molecule has 0 radical (unpaired) electrons. The van der Waals surface area contributed by atoms with E-state index in [0.29, 0.717) is 6.54 Å². The zero-order chi connectivity index (χ0) is 14.7. The summed E-state index contributed by atoms with van der Waals surface area (Å²) in [4.78, 5) is 13.1. The van der Waals surface area contributed by atoms with Gasteiger partial charge in [0.2, 0.25) is 0 Å². The van der Waals surface area contributed by atoms with Crippen LogP contribution in [0.4, 0.5) is 5.69 Å². The lowest BCUT2D eigenvalue weighted by molar-refractivity contribution is 0.925. The number of imidazole rings is 1. The zero-order valence-corrected chi connectivity index (χ0v) is 13.1. The molecule has 0 amide bonds. The van der Waals surface area contributed by atoms with E-state index in [4.69, 9.17) is 0 Å². The second-order valence-electron chi connectivity index (χ2n) is 4.52. The van der Waals surface area contributed by atoms with Crippen LogP contribution in [0.1, 0.15) is 11.5 Å². The van der Waals surface area contributed by atoms with Gasteiger partial charge in [-0.1, -0.05) is 6.07 Å². The fourth-order valence-corrected chi connectivity index (χ4v) is 2.44. The molecule has 5 nitrogen and oxygen atoms in total. The lowest BCUT2D eigenvalue weighted by Gasteiger charge is -2.12. The summed E-state index contributed by atoms with van der Waals surface area (Å²) in [6, 6.07) is 9.77. The molecule has 0 spiro atoms. The summed E-state index contributed by atoms with van der Waals surface area (Å²) in [7, 11) is 0. The van der Waals surface area contributed by atoms with Crippen LogP contribution >= 0.6 is 15.9 Å². The molecule has 0 bridgehead atoms. The predicted octanol–water partition coefficient (Wildman–Crippen LogP) is 3.35. The summed E-state index contributed by atoms with van der Waals surface area (Å²) in [5.74, 6) is 1.74. The highest BCUT2D eigenvalue weighted by Crippen LogP contribution is 2.19. The smallest absolute Gasteiger partial charge is 0.161 e. The van der Waals surface area contributed by atoms with E-state index in [-0.39, 0.29) is 0 Å². The third-order valence-corrected chi connectivity index (χ3v) is 3.52. The topological polar surface area (TPSA) is 55.6 Å². The average molecular weight is 344 g/mol. The SMILES string of the molecule is Cc1nccn1-c1ncccc1NCc1cccc(Br)n1. The maximum Gasteiger partial charge on any atom is 0.161 e. The van der Waals surface area contributed by atoms with Gasteiger partial charge in [0.05, 0.1) is 17.9 Å². The number of nitrogens with zero attached hydrogens (tertiary/aromatic N) is 4. The van der Waals surface area contributed by atoms with Gasteiger partial charge < -0.3 is 5.32 Å². The molecule has 106 valence electrons. The molecule has 6 heteroatoms. The molecule has 0 unspecified atom stereocenters. The van der Waals surface area contributed by atoms with E-state index < -0.39 is 0 Å². The molecular weight excluding hydrogens is 330 g/mol. The van der Waals surface area contributed by atoms with Gasteiger partial charge in [-0.2, -0.15) is 0 Å². The first kappa shape index (κ1) is 13.8. The minimum absolute atomic E-state index is 0.631. The van der Waals surface area contributed by atoms with E-state index in [1.54, 1.807) is 12.4 Å². The van der Waals surface area contributed by atoms with E-state index in [2.05, 4.69) is 36.2 Å². The van der Waals surface area contributed by atoms with Crippen molar-refractivity contribution in [3.63, 3.8) is 0 Å². The Hall–Kier alpha value is -2.21. The van der Waals surface area contributed by atoms with Gasteiger partial charge in [-0.25, -0.2) is 15.0 Å². The molecule has 3 heterocycles. The van der Waals surface area contributed by atoms with Crippen molar-refractivity contribution in [2.45, 2.75) is 13.5 Å². The molecule has 0 aliphatic carbocycles. The van der Waals surface area contributed by atoms with Crippen molar-refractivity contribution in [3.8, 4) is 5.82 Å². The molecule has 3 aromatic heterocycles. The summed E-state index contributed by atoms with van der Waals surface area (Å²) in [6.45, 7) is 2.58. The van der Waals surface area contributed by atoms with Crippen molar-refractivity contribution in [2.24, 2.45) is 0 Å². The Morgan fingerprint density at radius 1 is 1.14 bits per heavy atom. The van der Waals surface area contributed by atoms with Crippen LogP contribution in [0.25, 0.3) is 5.82 Å². The largest absolute Gasteiger partial charge is 0.376 e. The predicted molar refractivity (Wildman–Crippen MR) is 85.4 cm³/mol. The van der Waals surface area contributed by atoms with Crippen molar-refractivity contribution in [1.29, 1.82) is 0 Å². The summed E-state index contributed by atoms with van der Waals surface area (Å²) >= 11 is 3.38. The van der Waals surface area contributed by atoms with Crippen molar-refractivity contribution in [2.75, 3.05) is 5.32 Å². The molecule has 0 aliphatic heterocycles. The summed E-state index contributed by atoms with van der Waals surface area (Å²) in [6.07, 6.45) is 5.45. The number of anilines is 1. The van der Waals surface area contributed by atoms with Crippen LogP contribution in [0.5, 0.6) is 0 Å². The molecule has 0 atom stereocenters.